The van der Waals surface area contributed by atoms with E-state index >= 15 is 0 Å². The summed E-state index contributed by atoms with van der Waals surface area (Å²) in [6.45, 7) is 10.3. The van der Waals surface area contributed by atoms with Crippen LogP contribution in [-0.2, 0) is 9.53 Å². The van der Waals surface area contributed by atoms with Gasteiger partial charge in [0.05, 0.1) is 38.5 Å². The van der Waals surface area contributed by atoms with E-state index in [1.165, 1.54) is 0 Å². The van der Waals surface area contributed by atoms with Gasteiger partial charge in [0.15, 0.2) is 23.0 Å². The summed E-state index contributed by atoms with van der Waals surface area (Å²) in [6, 6.07) is 7.80. The zero-order chi connectivity index (χ0) is 26.5. The molecule has 2 aliphatic rings. The van der Waals surface area contributed by atoms with Gasteiger partial charge in [-0.1, -0.05) is 19.9 Å². The van der Waals surface area contributed by atoms with Crippen LogP contribution in [0, 0.1) is 12.8 Å². The second-order valence-electron chi connectivity index (χ2n) is 9.80. The normalized spacial score (nSPS) is 18.7. The Morgan fingerprint density at radius 1 is 1.14 bits per heavy atom. The van der Waals surface area contributed by atoms with Crippen molar-refractivity contribution in [3.05, 3.63) is 58.7 Å². The first-order valence-corrected chi connectivity index (χ1v) is 12.8. The number of ether oxygens (including phenoxy) is 3. The zero-order valence-electron chi connectivity index (χ0n) is 22.0. The number of furan rings is 1. The van der Waals surface area contributed by atoms with Crippen molar-refractivity contribution in [2.45, 2.75) is 33.2 Å². The van der Waals surface area contributed by atoms with Gasteiger partial charge >= 0.3 is 0 Å². The second-order valence-corrected chi connectivity index (χ2v) is 9.80. The number of Topliss-reactive ketones (excluding diaryl/α,β-unsaturated/α-hetero) is 1. The Morgan fingerprint density at radius 2 is 1.89 bits per heavy atom. The monoisotopic (exact) mass is 512 g/mol. The maximum absolute atomic E-state index is 13.5. The molecule has 1 N–H and O–H groups in total. The fourth-order valence-electron chi connectivity index (χ4n) is 4.60. The molecule has 200 valence electrons. The van der Waals surface area contributed by atoms with E-state index < -0.39 is 23.5 Å². The molecule has 0 saturated carbocycles. The van der Waals surface area contributed by atoms with E-state index in [0.717, 1.165) is 19.5 Å². The minimum absolute atomic E-state index is 0.00291. The molecular formula is C28H36N2O7. The third-order valence-electron chi connectivity index (χ3n) is 6.73. The van der Waals surface area contributed by atoms with Gasteiger partial charge < -0.3 is 28.6 Å². The van der Waals surface area contributed by atoms with Gasteiger partial charge in [-0.3, -0.25) is 14.5 Å². The van der Waals surface area contributed by atoms with Crippen molar-refractivity contribution in [3.63, 3.8) is 0 Å². The average Bonchev–Trinajstić information content (AvgIpc) is 3.44. The van der Waals surface area contributed by atoms with Crippen LogP contribution in [0.2, 0.25) is 0 Å². The van der Waals surface area contributed by atoms with Crippen LogP contribution in [0.4, 0.5) is 0 Å². The molecule has 1 fully saturated rings. The summed E-state index contributed by atoms with van der Waals surface area (Å²) in [7, 11) is 1.55. The highest BCUT2D eigenvalue weighted by atomic mass is 16.5. The molecule has 3 heterocycles. The topological polar surface area (TPSA) is 102 Å². The Kier molecular flexibility index (Phi) is 8.56. The highest BCUT2D eigenvalue weighted by Gasteiger charge is 2.44. The van der Waals surface area contributed by atoms with E-state index in [1.807, 2.05) is 6.07 Å². The molecule has 1 saturated heterocycles. The van der Waals surface area contributed by atoms with Crippen molar-refractivity contribution in [3.8, 4) is 11.5 Å². The van der Waals surface area contributed by atoms with Crippen LogP contribution in [0.1, 0.15) is 48.2 Å². The van der Waals surface area contributed by atoms with Crippen molar-refractivity contribution in [1.29, 1.82) is 0 Å². The molecular weight excluding hydrogens is 476 g/mol. The Balaban J connectivity index is 1.67. The molecule has 9 nitrogen and oxygen atoms in total. The number of nitrogens with zero attached hydrogens (tertiary/aromatic N) is 2. The van der Waals surface area contributed by atoms with E-state index in [1.54, 1.807) is 43.2 Å². The Labute approximate surface area is 217 Å². The summed E-state index contributed by atoms with van der Waals surface area (Å²) in [5.74, 6) is 0.567. The van der Waals surface area contributed by atoms with Crippen LogP contribution in [0.5, 0.6) is 11.5 Å². The minimum Gasteiger partial charge on any atom is -0.503 e. The maximum atomic E-state index is 13.5. The lowest BCUT2D eigenvalue weighted by molar-refractivity contribution is -0.129. The van der Waals surface area contributed by atoms with Crippen molar-refractivity contribution in [2.24, 2.45) is 5.92 Å². The molecule has 0 aliphatic carbocycles. The lowest BCUT2D eigenvalue weighted by Gasteiger charge is -2.31. The van der Waals surface area contributed by atoms with E-state index in [2.05, 4.69) is 18.7 Å². The SMILES string of the molecule is COc1cc([C@@H]2C(C(=O)c3ccc(C)o3)=C(O)C(=O)N2CCN2CCOCC2)ccc1OCCC(C)C. The Morgan fingerprint density at radius 3 is 2.54 bits per heavy atom. The number of rotatable bonds is 11. The maximum Gasteiger partial charge on any atom is 0.290 e. The Bertz CT molecular complexity index is 1150. The lowest BCUT2D eigenvalue weighted by atomic mass is 9.94. The van der Waals surface area contributed by atoms with Crippen molar-refractivity contribution < 1.29 is 33.3 Å². The number of carbonyl (C=O) groups is 2. The number of aliphatic hydroxyl groups excluding tert-OH is 1. The molecule has 2 aliphatic heterocycles. The van der Waals surface area contributed by atoms with E-state index in [0.29, 0.717) is 61.7 Å². The molecule has 1 aromatic carbocycles. The number of aryl methyl sites for hydroxylation is 1. The van der Waals surface area contributed by atoms with Gasteiger partial charge in [-0.15, -0.1) is 0 Å². The summed E-state index contributed by atoms with van der Waals surface area (Å²) >= 11 is 0. The number of ketones is 1. The third kappa shape index (κ3) is 5.99. The summed E-state index contributed by atoms with van der Waals surface area (Å²) in [5.41, 5.74) is 0.635. The number of carbonyl (C=O) groups excluding carboxylic acids is 2. The predicted molar refractivity (Wildman–Crippen MR) is 137 cm³/mol. The second kappa shape index (κ2) is 11.8. The van der Waals surface area contributed by atoms with Gasteiger partial charge in [-0.2, -0.15) is 0 Å². The number of morpholine rings is 1. The van der Waals surface area contributed by atoms with Crippen molar-refractivity contribution in [2.75, 3.05) is 53.1 Å². The predicted octanol–water partition coefficient (Wildman–Crippen LogP) is 3.93. The molecule has 0 bridgehead atoms. The molecule has 0 radical (unpaired) electrons. The standard InChI is InChI=1S/C28H36N2O7/c1-18(2)9-14-36-21-8-6-20(17-23(21)34-4)25-24(26(31)22-7-5-19(3)37-22)27(32)28(33)30(25)11-10-29-12-15-35-16-13-29/h5-8,17-18,25,32H,9-16H2,1-4H3/t25-/m1/s1. The van der Waals surface area contributed by atoms with E-state index in [-0.39, 0.29) is 11.3 Å². The summed E-state index contributed by atoms with van der Waals surface area (Å²) in [5, 5.41) is 10.9. The van der Waals surface area contributed by atoms with Gasteiger partial charge in [-0.25, -0.2) is 0 Å². The van der Waals surface area contributed by atoms with E-state index in [9.17, 15) is 14.7 Å². The smallest absolute Gasteiger partial charge is 0.290 e. The van der Waals surface area contributed by atoms with Crippen LogP contribution in [0.15, 0.2) is 46.1 Å². The van der Waals surface area contributed by atoms with Crippen LogP contribution < -0.4 is 9.47 Å². The highest BCUT2D eigenvalue weighted by molar-refractivity contribution is 6.15. The van der Waals surface area contributed by atoms with Crippen LogP contribution in [0.3, 0.4) is 0 Å². The van der Waals surface area contributed by atoms with Gasteiger partial charge in [0.25, 0.3) is 5.91 Å². The fraction of sp³-hybridized carbons (Fsp3) is 0.500. The zero-order valence-corrected chi connectivity index (χ0v) is 22.0. The number of aliphatic hydroxyl groups is 1. The van der Waals surface area contributed by atoms with Crippen LogP contribution >= 0.6 is 0 Å². The largest absolute Gasteiger partial charge is 0.503 e. The number of methoxy groups -OCH3 is 1. The molecule has 1 aromatic heterocycles. The minimum atomic E-state index is -0.801. The number of hydrogen-bond donors (Lipinski definition) is 1. The first-order valence-electron chi connectivity index (χ1n) is 12.8. The molecule has 1 atom stereocenters. The summed E-state index contributed by atoms with van der Waals surface area (Å²) in [6.07, 6.45) is 0.898. The fourth-order valence-corrected chi connectivity index (χ4v) is 4.60. The van der Waals surface area contributed by atoms with E-state index in [4.69, 9.17) is 18.6 Å². The number of benzene rings is 1. The van der Waals surface area contributed by atoms with Gasteiger partial charge in [0.2, 0.25) is 5.78 Å². The molecule has 0 unspecified atom stereocenters. The molecule has 4 rings (SSSR count). The molecule has 0 spiro atoms. The van der Waals surface area contributed by atoms with Gasteiger partial charge in [-0.05, 0) is 49.1 Å². The number of hydrogen-bond acceptors (Lipinski definition) is 8. The summed E-state index contributed by atoms with van der Waals surface area (Å²) < 4.78 is 22.5. The quantitative estimate of drug-likeness (QED) is 0.452. The summed E-state index contributed by atoms with van der Waals surface area (Å²) in [4.78, 5) is 30.5. The molecule has 37 heavy (non-hydrogen) atoms. The third-order valence-corrected chi connectivity index (χ3v) is 6.73. The van der Waals surface area contributed by atoms with Crippen LogP contribution in [0.25, 0.3) is 0 Å². The lowest BCUT2D eigenvalue weighted by Crippen LogP contribution is -2.43. The van der Waals surface area contributed by atoms with Gasteiger partial charge in [0, 0.05) is 26.2 Å². The molecule has 2 aromatic rings. The molecule has 1 amide bonds. The Hall–Kier alpha value is -3.30. The number of amides is 1. The van der Waals surface area contributed by atoms with Gasteiger partial charge in [0.1, 0.15) is 5.76 Å². The van der Waals surface area contributed by atoms with Crippen molar-refractivity contribution >= 4 is 11.7 Å². The van der Waals surface area contributed by atoms with Crippen LogP contribution in [-0.4, -0.2) is 79.7 Å². The van der Waals surface area contributed by atoms with Crippen molar-refractivity contribution in [1.82, 2.24) is 9.80 Å². The highest BCUT2D eigenvalue weighted by Crippen LogP contribution is 2.41. The first-order chi connectivity index (χ1) is 17.8. The average molecular weight is 513 g/mol. The molecule has 9 heteroatoms. The first kappa shape index (κ1) is 26.8.